The van der Waals surface area contributed by atoms with Gasteiger partial charge >= 0.3 is 0 Å². The van der Waals surface area contributed by atoms with E-state index in [1.54, 1.807) is 4.90 Å². The van der Waals surface area contributed by atoms with E-state index < -0.39 is 0 Å². The number of hydrogen-bond acceptors (Lipinski definition) is 5. The second-order valence-corrected chi connectivity index (χ2v) is 4.11. The molecule has 1 amide bonds. The standard InChI is InChI=1S/C11H17ClN4O2/c1-2-3-16(4-5-17)11(18)8-6-9(12)14-10(7-8)15-13/h6-7,17H,2-5,13H2,1H3,(H,14,15). The second kappa shape index (κ2) is 7.15. The van der Waals surface area contributed by atoms with E-state index in [4.69, 9.17) is 22.6 Å². The number of carbonyl (C=O) groups is 1. The minimum atomic E-state index is -0.202. The Kier molecular flexibility index (Phi) is 5.84. The summed E-state index contributed by atoms with van der Waals surface area (Å²) in [6.07, 6.45) is 0.812. The monoisotopic (exact) mass is 272 g/mol. The molecule has 0 radical (unpaired) electrons. The fourth-order valence-corrected chi connectivity index (χ4v) is 1.79. The summed E-state index contributed by atoms with van der Waals surface area (Å²) in [5.74, 6) is 5.37. The number of amides is 1. The summed E-state index contributed by atoms with van der Waals surface area (Å²) in [4.78, 5) is 17.7. The molecule has 100 valence electrons. The van der Waals surface area contributed by atoms with Crippen LogP contribution < -0.4 is 11.3 Å². The molecule has 1 rings (SSSR count). The van der Waals surface area contributed by atoms with Crippen LogP contribution in [0.25, 0.3) is 0 Å². The van der Waals surface area contributed by atoms with E-state index in [1.807, 2.05) is 6.92 Å². The van der Waals surface area contributed by atoms with Crippen LogP contribution in [0.2, 0.25) is 5.15 Å². The summed E-state index contributed by atoms with van der Waals surface area (Å²) < 4.78 is 0. The number of aliphatic hydroxyl groups excluding tert-OH is 1. The Morgan fingerprint density at radius 1 is 1.56 bits per heavy atom. The van der Waals surface area contributed by atoms with Crippen molar-refractivity contribution in [1.29, 1.82) is 0 Å². The first-order valence-corrected chi connectivity index (χ1v) is 6.04. The molecule has 18 heavy (non-hydrogen) atoms. The predicted octanol–water partition coefficient (Wildman–Crippen LogP) is 0.865. The quantitative estimate of drug-likeness (QED) is 0.406. The van der Waals surface area contributed by atoms with Gasteiger partial charge in [0, 0.05) is 18.7 Å². The van der Waals surface area contributed by atoms with E-state index in [0.717, 1.165) is 6.42 Å². The molecule has 0 aliphatic rings. The van der Waals surface area contributed by atoms with Crippen LogP contribution in [0.4, 0.5) is 5.82 Å². The first-order valence-electron chi connectivity index (χ1n) is 5.66. The van der Waals surface area contributed by atoms with Crippen molar-refractivity contribution in [3.63, 3.8) is 0 Å². The Hall–Kier alpha value is -1.37. The molecule has 0 saturated heterocycles. The first kappa shape index (κ1) is 14.7. The third-order valence-corrected chi connectivity index (χ3v) is 2.53. The molecule has 1 aromatic heterocycles. The minimum absolute atomic E-state index is 0.0768. The lowest BCUT2D eigenvalue weighted by Gasteiger charge is -2.21. The Morgan fingerprint density at radius 2 is 2.28 bits per heavy atom. The third-order valence-electron chi connectivity index (χ3n) is 2.34. The number of nitrogens with two attached hydrogens (primary N) is 1. The molecule has 0 aromatic carbocycles. The molecule has 0 spiro atoms. The zero-order chi connectivity index (χ0) is 13.5. The summed E-state index contributed by atoms with van der Waals surface area (Å²) in [6, 6.07) is 3.00. The molecule has 0 saturated carbocycles. The number of pyridine rings is 1. The van der Waals surface area contributed by atoms with Crippen LogP contribution in [-0.2, 0) is 0 Å². The SMILES string of the molecule is CCCN(CCO)C(=O)c1cc(Cl)nc(NN)c1. The van der Waals surface area contributed by atoms with Gasteiger partial charge < -0.3 is 15.4 Å². The van der Waals surface area contributed by atoms with Gasteiger partial charge in [-0.1, -0.05) is 18.5 Å². The Labute approximate surface area is 111 Å². The van der Waals surface area contributed by atoms with Crippen molar-refractivity contribution in [3.8, 4) is 0 Å². The molecule has 4 N–H and O–H groups in total. The number of rotatable bonds is 6. The topological polar surface area (TPSA) is 91.5 Å². The van der Waals surface area contributed by atoms with E-state index >= 15 is 0 Å². The maximum absolute atomic E-state index is 12.2. The molecule has 0 fully saturated rings. The van der Waals surface area contributed by atoms with E-state index in [0.29, 0.717) is 17.9 Å². The molecule has 0 unspecified atom stereocenters. The van der Waals surface area contributed by atoms with Gasteiger partial charge in [-0.05, 0) is 18.6 Å². The predicted molar refractivity (Wildman–Crippen MR) is 70.3 cm³/mol. The van der Waals surface area contributed by atoms with Crippen molar-refractivity contribution in [1.82, 2.24) is 9.88 Å². The highest BCUT2D eigenvalue weighted by atomic mass is 35.5. The number of carbonyl (C=O) groups excluding carboxylic acids is 1. The molecule has 0 aliphatic carbocycles. The summed E-state index contributed by atoms with van der Waals surface area (Å²) in [5, 5.41) is 9.14. The fourth-order valence-electron chi connectivity index (χ4n) is 1.58. The first-order chi connectivity index (χ1) is 8.62. The molecule has 0 aliphatic heterocycles. The Balaban J connectivity index is 2.96. The van der Waals surface area contributed by atoms with Crippen LogP contribution in [0.1, 0.15) is 23.7 Å². The van der Waals surface area contributed by atoms with Gasteiger partial charge in [-0.25, -0.2) is 10.8 Å². The summed E-state index contributed by atoms with van der Waals surface area (Å²) >= 11 is 5.80. The zero-order valence-corrected chi connectivity index (χ0v) is 10.9. The van der Waals surface area contributed by atoms with Crippen molar-refractivity contribution in [2.45, 2.75) is 13.3 Å². The highest BCUT2D eigenvalue weighted by Crippen LogP contribution is 2.15. The summed E-state index contributed by atoms with van der Waals surface area (Å²) in [5.41, 5.74) is 2.74. The molecule has 0 atom stereocenters. The fraction of sp³-hybridized carbons (Fsp3) is 0.455. The minimum Gasteiger partial charge on any atom is -0.395 e. The average molecular weight is 273 g/mol. The van der Waals surface area contributed by atoms with Gasteiger partial charge in [-0.3, -0.25) is 4.79 Å². The van der Waals surface area contributed by atoms with Crippen LogP contribution in [0.5, 0.6) is 0 Å². The molecule has 1 heterocycles. The highest BCUT2D eigenvalue weighted by molar-refractivity contribution is 6.29. The molecule has 7 heteroatoms. The van der Waals surface area contributed by atoms with Gasteiger partial charge in [0.15, 0.2) is 0 Å². The number of aliphatic hydroxyl groups is 1. The van der Waals surface area contributed by atoms with Gasteiger partial charge in [0.25, 0.3) is 5.91 Å². The number of nitrogens with zero attached hydrogens (tertiary/aromatic N) is 2. The van der Waals surface area contributed by atoms with Crippen molar-refractivity contribution in [2.75, 3.05) is 25.1 Å². The van der Waals surface area contributed by atoms with Gasteiger partial charge in [0.2, 0.25) is 0 Å². The van der Waals surface area contributed by atoms with Crippen LogP contribution in [0.3, 0.4) is 0 Å². The number of nitrogen functional groups attached to an aromatic ring is 1. The molecule has 0 bridgehead atoms. The molecular weight excluding hydrogens is 256 g/mol. The number of hydrazine groups is 1. The second-order valence-electron chi connectivity index (χ2n) is 3.72. The normalized spacial score (nSPS) is 10.2. The van der Waals surface area contributed by atoms with E-state index in [2.05, 4.69) is 10.4 Å². The Morgan fingerprint density at radius 3 is 2.83 bits per heavy atom. The van der Waals surface area contributed by atoms with Crippen LogP contribution >= 0.6 is 11.6 Å². The van der Waals surface area contributed by atoms with E-state index in [1.165, 1.54) is 12.1 Å². The van der Waals surface area contributed by atoms with Gasteiger partial charge in [-0.15, -0.1) is 0 Å². The summed E-state index contributed by atoms with van der Waals surface area (Å²) in [7, 11) is 0. The largest absolute Gasteiger partial charge is 0.395 e. The van der Waals surface area contributed by atoms with Crippen molar-refractivity contribution in [3.05, 3.63) is 22.8 Å². The lowest BCUT2D eigenvalue weighted by Crippen LogP contribution is -2.34. The number of hydrogen-bond donors (Lipinski definition) is 3. The maximum atomic E-state index is 12.2. The van der Waals surface area contributed by atoms with Crippen molar-refractivity contribution >= 4 is 23.3 Å². The van der Waals surface area contributed by atoms with Gasteiger partial charge in [-0.2, -0.15) is 0 Å². The number of nitrogens with one attached hydrogen (secondary N) is 1. The average Bonchev–Trinajstić information content (AvgIpc) is 2.36. The number of anilines is 1. The van der Waals surface area contributed by atoms with E-state index in [9.17, 15) is 4.79 Å². The lowest BCUT2D eigenvalue weighted by atomic mass is 10.2. The Bertz CT molecular complexity index is 408. The molecule has 6 nitrogen and oxygen atoms in total. The third kappa shape index (κ3) is 3.83. The smallest absolute Gasteiger partial charge is 0.254 e. The lowest BCUT2D eigenvalue weighted by molar-refractivity contribution is 0.0722. The maximum Gasteiger partial charge on any atom is 0.254 e. The molecular formula is C11H17ClN4O2. The highest BCUT2D eigenvalue weighted by Gasteiger charge is 2.16. The summed E-state index contributed by atoms with van der Waals surface area (Å²) in [6.45, 7) is 2.75. The van der Waals surface area contributed by atoms with Crippen LogP contribution in [-0.4, -0.2) is 40.6 Å². The molecule has 1 aromatic rings. The van der Waals surface area contributed by atoms with Gasteiger partial charge in [0.05, 0.1) is 6.61 Å². The van der Waals surface area contributed by atoms with Crippen LogP contribution in [0.15, 0.2) is 12.1 Å². The van der Waals surface area contributed by atoms with E-state index in [-0.39, 0.29) is 24.2 Å². The van der Waals surface area contributed by atoms with Gasteiger partial charge in [0.1, 0.15) is 11.0 Å². The number of aromatic nitrogens is 1. The number of halogens is 1. The van der Waals surface area contributed by atoms with Crippen molar-refractivity contribution < 1.29 is 9.90 Å². The van der Waals surface area contributed by atoms with Crippen LogP contribution in [0, 0.1) is 0 Å². The zero-order valence-electron chi connectivity index (χ0n) is 10.2. The van der Waals surface area contributed by atoms with Crippen molar-refractivity contribution in [2.24, 2.45) is 5.84 Å².